The smallest absolute Gasteiger partial charge is 0.342 e. The van der Waals surface area contributed by atoms with Crippen LogP contribution in [0.3, 0.4) is 0 Å². The molecule has 0 fully saturated rings. The number of hydrazone groups is 1. The fourth-order valence-corrected chi connectivity index (χ4v) is 4.12. The van der Waals surface area contributed by atoms with Gasteiger partial charge in [-0.15, -0.1) is 6.58 Å². The first-order chi connectivity index (χ1) is 16.7. The molecule has 1 aliphatic rings. The van der Waals surface area contributed by atoms with Gasteiger partial charge >= 0.3 is 6.03 Å². The number of nitrogens with zero attached hydrogens (tertiary/aromatic N) is 2. The molecule has 0 radical (unpaired) electrons. The quantitative estimate of drug-likeness (QED) is 0.387. The summed E-state index contributed by atoms with van der Waals surface area (Å²) in [5.41, 5.74) is 3.02. The van der Waals surface area contributed by atoms with Crippen molar-refractivity contribution in [2.24, 2.45) is 5.10 Å². The number of aromatic hydroxyl groups is 2. The highest BCUT2D eigenvalue weighted by Crippen LogP contribution is 2.43. The van der Waals surface area contributed by atoms with Crippen LogP contribution in [0.4, 0.5) is 10.5 Å². The molecule has 4 rings (SSSR count). The zero-order valence-corrected chi connectivity index (χ0v) is 20.0. The molecular weight excluding hydrogens is 442 g/mol. The van der Waals surface area contributed by atoms with Crippen molar-refractivity contribution < 1.29 is 19.7 Å². The number of hydrogen-bond donors (Lipinski definition) is 3. The second-order valence-electron chi connectivity index (χ2n) is 8.99. The van der Waals surface area contributed by atoms with E-state index in [4.69, 9.17) is 4.74 Å². The van der Waals surface area contributed by atoms with E-state index in [1.54, 1.807) is 48.5 Å². The summed E-state index contributed by atoms with van der Waals surface area (Å²) < 4.78 is 5.61. The lowest BCUT2D eigenvalue weighted by molar-refractivity contribution is 0.199. The zero-order chi connectivity index (χ0) is 25.2. The first kappa shape index (κ1) is 23.9. The van der Waals surface area contributed by atoms with E-state index in [1.165, 1.54) is 12.1 Å². The summed E-state index contributed by atoms with van der Waals surface area (Å²) >= 11 is 0. The average molecular weight is 472 g/mol. The first-order valence-corrected chi connectivity index (χ1v) is 11.3. The molecule has 0 saturated heterocycles. The van der Waals surface area contributed by atoms with Gasteiger partial charge in [0.2, 0.25) is 0 Å². The fraction of sp³-hybridized carbons (Fsp3) is 0.214. The van der Waals surface area contributed by atoms with Crippen molar-refractivity contribution in [1.82, 2.24) is 5.01 Å². The second kappa shape index (κ2) is 9.54. The molecular formula is C28H29N3O4. The molecule has 7 nitrogen and oxygen atoms in total. The molecule has 35 heavy (non-hydrogen) atoms. The Kier molecular flexibility index (Phi) is 6.51. The number of carbonyl (C=O) groups is 1. The van der Waals surface area contributed by atoms with Crippen LogP contribution in [-0.4, -0.2) is 34.1 Å². The van der Waals surface area contributed by atoms with E-state index in [9.17, 15) is 15.0 Å². The normalized spacial score (nSPS) is 15.5. The summed E-state index contributed by atoms with van der Waals surface area (Å²) in [6.07, 6.45) is 2.19. The summed E-state index contributed by atoms with van der Waals surface area (Å²) in [5, 5.41) is 29.4. The van der Waals surface area contributed by atoms with Crippen LogP contribution in [0.2, 0.25) is 0 Å². The molecule has 1 atom stereocenters. The van der Waals surface area contributed by atoms with Crippen LogP contribution in [-0.2, 0) is 5.41 Å². The lowest BCUT2D eigenvalue weighted by Crippen LogP contribution is -2.31. The van der Waals surface area contributed by atoms with E-state index in [2.05, 4.69) is 17.0 Å². The number of ether oxygens (including phenoxy) is 1. The van der Waals surface area contributed by atoms with Gasteiger partial charge < -0.3 is 20.3 Å². The Hall–Kier alpha value is -4.26. The third-order valence-corrected chi connectivity index (χ3v) is 6.26. The highest BCUT2D eigenvalue weighted by molar-refractivity contribution is 6.04. The molecule has 3 aromatic rings. The number of allylic oxidation sites excluding steroid dienone is 1. The van der Waals surface area contributed by atoms with Crippen LogP contribution in [0, 0.1) is 0 Å². The predicted octanol–water partition coefficient (Wildman–Crippen LogP) is 5.95. The van der Waals surface area contributed by atoms with Crippen molar-refractivity contribution in [3.63, 3.8) is 0 Å². The minimum absolute atomic E-state index is 0.0912. The first-order valence-electron chi connectivity index (χ1n) is 11.3. The second-order valence-corrected chi connectivity index (χ2v) is 8.99. The average Bonchev–Trinajstić information content (AvgIpc) is 3.30. The van der Waals surface area contributed by atoms with Gasteiger partial charge in [0.25, 0.3) is 0 Å². The number of amides is 2. The maximum absolute atomic E-state index is 13.4. The number of phenolic OH excluding ortho intramolecular Hbond substituents is 2. The van der Waals surface area contributed by atoms with Crippen molar-refractivity contribution in [3.8, 4) is 17.2 Å². The molecule has 1 heterocycles. The third-order valence-electron chi connectivity index (χ3n) is 6.26. The molecule has 1 unspecified atom stereocenters. The lowest BCUT2D eigenvalue weighted by atomic mass is 9.82. The van der Waals surface area contributed by atoms with E-state index in [0.29, 0.717) is 29.1 Å². The number of nitrogens with one attached hydrogen (secondary N) is 1. The number of carbonyl (C=O) groups excluding carboxylic acids is 1. The Bertz CT molecular complexity index is 1270. The summed E-state index contributed by atoms with van der Waals surface area (Å²) in [4.78, 5) is 13.4. The molecule has 0 aromatic heterocycles. The van der Waals surface area contributed by atoms with Crippen LogP contribution in [0.15, 0.2) is 84.5 Å². The number of urea groups is 1. The van der Waals surface area contributed by atoms with Gasteiger partial charge in [-0.05, 0) is 48.0 Å². The number of anilines is 1. The van der Waals surface area contributed by atoms with Crippen molar-refractivity contribution in [2.75, 3.05) is 12.4 Å². The zero-order valence-electron chi connectivity index (χ0n) is 20.0. The van der Waals surface area contributed by atoms with Crippen molar-refractivity contribution >= 4 is 17.4 Å². The Morgan fingerprint density at radius 1 is 1.14 bits per heavy atom. The number of phenols is 2. The van der Waals surface area contributed by atoms with Gasteiger partial charge in [0.15, 0.2) is 0 Å². The molecule has 0 aliphatic carbocycles. The van der Waals surface area contributed by atoms with Gasteiger partial charge in [-0.1, -0.05) is 38.1 Å². The van der Waals surface area contributed by atoms with Crippen LogP contribution in [0.1, 0.15) is 43.0 Å². The Balaban J connectivity index is 1.79. The van der Waals surface area contributed by atoms with Crippen molar-refractivity contribution in [3.05, 3.63) is 96.1 Å². The summed E-state index contributed by atoms with van der Waals surface area (Å²) in [5.74, 6) is 0.698. The molecule has 3 aromatic carbocycles. The Morgan fingerprint density at radius 2 is 1.83 bits per heavy atom. The minimum atomic E-state index is -0.512. The van der Waals surface area contributed by atoms with E-state index < -0.39 is 17.5 Å². The molecule has 7 heteroatoms. The maximum Gasteiger partial charge on any atom is 0.342 e. The Morgan fingerprint density at radius 3 is 2.46 bits per heavy atom. The van der Waals surface area contributed by atoms with Crippen LogP contribution >= 0.6 is 0 Å². The van der Waals surface area contributed by atoms with Gasteiger partial charge in [-0.3, -0.25) is 0 Å². The maximum atomic E-state index is 13.4. The van der Waals surface area contributed by atoms with Gasteiger partial charge in [0, 0.05) is 34.7 Å². The highest BCUT2D eigenvalue weighted by Gasteiger charge is 2.36. The summed E-state index contributed by atoms with van der Waals surface area (Å²) in [6, 6.07) is 18.4. The number of benzene rings is 3. The van der Waals surface area contributed by atoms with Gasteiger partial charge in [-0.2, -0.15) is 5.10 Å². The van der Waals surface area contributed by atoms with Gasteiger partial charge in [-0.25, -0.2) is 9.80 Å². The van der Waals surface area contributed by atoms with Crippen molar-refractivity contribution in [2.45, 2.75) is 31.7 Å². The van der Waals surface area contributed by atoms with E-state index >= 15 is 0 Å². The number of hydrogen-bond acceptors (Lipinski definition) is 5. The molecule has 1 aliphatic heterocycles. The monoisotopic (exact) mass is 471 g/mol. The lowest BCUT2D eigenvalue weighted by Gasteiger charge is -2.28. The summed E-state index contributed by atoms with van der Waals surface area (Å²) in [7, 11) is 1.53. The van der Waals surface area contributed by atoms with Crippen molar-refractivity contribution in [1.29, 1.82) is 0 Å². The third kappa shape index (κ3) is 4.84. The SMILES string of the molecule is C=CC(C)(C)c1cc(C2CC(c3ccc(O)cc3)=NN2C(=O)Nc2ccccc2)c(OC)cc1O. The largest absolute Gasteiger partial charge is 0.508 e. The molecule has 180 valence electrons. The van der Waals surface area contributed by atoms with E-state index in [0.717, 1.165) is 11.1 Å². The molecule has 3 N–H and O–H groups in total. The molecule has 0 bridgehead atoms. The van der Waals surface area contributed by atoms with Crippen LogP contribution in [0.25, 0.3) is 0 Å². The Labute approximate surface area is 205 Å². The predicted molar refractivity (Wildman–Crippen MR) is 137 cm³/mol. The van der Waals surface area contributed by atoms with Crippen LogP contribution in [0.5, 0.6) is 17.2 Å². The number of rotatable bonds is 6. The van der Waals surface area contributed by atoms with Crippen LogP contribution < -0.4 is 10.1 Å². The van der Waals surface area contributed by atoms with Gasteiger partial charge in [0.1, 0.15) is 17.2 Å². The van der Waals surface area contributed by atoms with Gasteiger partial charge in [0.05, 0.1) is 18.9 Å². The molecule has 2 amide bonds. The minimum Gasteiger partial charge on any atom is -0.508 e. The fourth-order valence-electron chi connectivity index (χ4n) is 4.12. The molecule has 0 spiro atoms. The highest BCUT2D eigenvalue weighted by atomic mass is 16.5. The summed E-state index contributed by atoms with van der Waals surface area (Å²) in [6.45, 7) is 7.82. The van der Waals surface area contributed by atoms with E-state index in [-0.39, 0.29) is 11.5 Å². The van der Waals surface area contributed by atoms with E-state index in [1.807, 2.05) is 38.1 Å². The number of para-hydroxylation sites is 1. The standard InChI is InChI=1S/C28H29N3O4/c1-5-28(2,3)22-15-21(26(35-4)17-25(22)33)24-16-23(18-11-13-20(32)14-12-18)30-31(24)27(34)29-19-9-7-6-8-10-19/h5-15,17,24,32-33H,1,16H2,2-4H3,(H,29,34). The topological polar surface area (TPSA) is 94.4 Å². The molecule has 0 saturated carbocycles. The number of methoxy groups -OCH3 is 1.